The van der Waals surface area contributed by atoms with Gasteiger partial charge in [-0.15, -0.1) is 0 Å². The van der Waals surface area contributed by atoms with E-state index in [9.17, 15) is 4.39 Å². The molecular weight excluding hydrogens is 267 g/mol. The number of nitrogens with one attached hydrogen (secondary N) is 1. The zero-order valence-corrected chi connectivity index (χ0v) is 13.0. The summed E-state index contributed by atoms with van der Waals surface area (Å²) in [6, 6.07) is 3.35. The number of nitrogens with zero attached hydrogens (tertiary/aromatic N) is 3. The largest absolute Gasteiger partial charge is 0.363 e. The average Bonchev–Trinajstić information content (AvgIpc) is 2.79. The average molecular weight is 288 g/mol. The van der Waals surface area contributed by atoms with Gasteiger partial charge in [-0.1, -0.05) is 13.8 Å². The second kappa shape index (κ2) is 4.83. The van der Waals surface area contributed by atoms with E-state index in [-0.39, 0.29) is 0 Å². The topological polar surface area (TPSA) is 44.8 Å². The van der Waals surface area contributed by atoms with Crippen LogP contribution in [-0.4, -0.2) is 29.3 Å². The molecule has 2 aromatic heterocycles. The molecule has 0 amide bonds. The minimum Gasteiger partial charge on any atom is -0.363 e. The van der Waals surface area contributed by atoms with Gasteiger partial charge in [0.15, 0.2) is 0 Å². The van der Waals surface area contributed by atoms with Gasteiger partial charge >= 0.3 is 0 Å². The van der Waals surface area contributed by atoms with Gasteiger partial charge in [-0.3, -0.25) is 5.10 Å². The lowest BCUT2D eigenvalue weighted by Crippen LogP contribution is -2.21. The van der Waals surface area contributed by atoms with Crippen molar-refractivity contribution in [2.75, 3.05) is 19.0 Å². The van der Waals surface area contributed by atoms with Gasteiger partial charge in [0.25, 0.3) is 0 Å². The summed E-state index contributed by atoms with van der Waals surface area (Å²) < 4.78 is 13.8. The van der Waals surface area contributed by atoms with E-state index in [0.29, 0.717) is 11.2 Å². The van der Waals surface area contributed by atoms with Crippen molar-refractivity contribution in [3.05, 3.63) is 29.3 Å². The maximum Gasteiger partial charge on any atom is 0.215 e. The van der Waals surface area contributed by atoms with E-state index in [0.717, 1.165) is 30.5 Å². The van der Waals surface area contributed by atoms with E-state index in [2.05, 4.69) is 29.0 Å². The zero-order chi connectivity index (χ0) is 15.2. The monoisotopic (exact) mass is 288 g/mol. The van der Waals surface area contributed by atoms with Gasteiger partial charge < -0.3 is 4.90 Å². The first-order valence-electron chi connectivity index (χ1n) is 7.27. The molecule has 21 heavy (non-hydrogen) atoms. The molecule has 2 heterocycles. The van der Waals surface area contributed by atoms with Crippen LogP contribution in [0.3, 0.4) is 0 Å². The number of fused-ring (bicyclic) bond motifs is 1. The van der Waals surface area contributed by atoms with Crippen molar-refractivity contribution < 1.29 is 4.39 Å². The summed E-state index contributed by atoms with van der Waals surface area (Å²) in [5.74, 6) is 0.141. The fraction of sp³-hybridized carbons (Fsp3) is 0.500. The Bertz CT molecular complexity index is 673. The van der Waals surface area contributed by atoms with Crippen LogP contribution in [-0.2, 0) is 12.8 Å². The highest BCUT2D eigenvalue weighted by Crippen LogP contribution is 2.38. The van der Waals surface area contributed by atoms with E-state index < -0.39 is 5.95 Å². The molecule has 1 aliphatic carbocycles. The van der Waals surface area contributed by atoms with E-state index in [1.807, 2.05) is 20.2 Å². The minimum absolute atomic E-state index is 0.301. The van der Waals surface area contributed by atoms with E-state index in [1.54, 1.807) is 4.90 Å². The smallest absolute Gasteiger partial charge is 0.215 e. The van der Waals surface area contributed by atoms with Crippen molar-refractivity contribution in [2.45, 2.75) is 33.1 Å². The lowest BCUT2D eigenvalue weighted by atomic mass is 9.76. The molecule has 0 radical (unpaired) electrons. The summed E-state index contributed by atoms with van der Waals surface area (Å²) in [4.78, 5) is 5.70. The fourth-order valence-electron chi connectivity index (χ4n) is 2.93. The number of anilines is 1. The Balaban J connectivity index is 2.05. The third-order valence-corrected chi connectivity index (χ3v) is 4.17. The molecule has 0 aliphatic heterocycles. The van der Waals surface area contributed by atoms with E-state index >= 15 is 0 Å². The number of aromatic amines is 1. The molecule has 0 aromatic carbocycles. The first-order chi connectivity index (χ1) is 9.85. The Morgan fingerprint density at radius 2 is 2.05 bits per heavy atom. The van der Waals surface area contributed by atoms with Gasteiger partial charge in [0.2, 0.25) is 5.95 Å². The SMILES string of the molecule is CN(C)c1cc(-c2n[nH]c3c2CCC(C)(C)C3)cc(F)n1. The van der Waals surface area contributed by atoms with Crippen LogP contribution in [0, 0.1) is 11.4 Å². The van der Waals surface area contributed by atoms with Crippen LogP contribution in [0.2, 0.25) is 0 Å². The van der Waals surface area contributed by atoms with Gasteiger partial charge in [0.05, 0.1) is 5.69 Å². The van der Waals surface area contributed by atoms with Crippen molar-refractivity contribution in [1.29, 1.82) is 0 Å². The molecule has 0 unspecified atom stereocenters. The molecule has 4 nitrogen and oxygen atoms in total. The molecule has 0 fully saturated rings. The number of pyridine rings is 1. The lowest BCUT2D eigenvalue weighted by Gasteiger charge is -2.29. The molecule has 1 N–H and O–H groups in total. The highest BCUT2D eigenvalue weighted by Gasteiger charge is 2.29. The Morgan fingerprint density at radius 3 is 2.76 bits per heavy atom. The molecule has 112 valence electrons. The molecule has 0 spiro atoms. The number of rotatable bonds is 2. The van der Waals surface area contributed by atoms with Crippen molar-refractivity contribution in [3.63, 3.8) is 0 Å². The molecule has 2 aromatic rings. The Morgan fingerprint density at radius 1 is 1.29 bits per heavy atom. The number of hydrogen-bond donors (Lipinski definition) is 1. The summed E-state index contributed by atoms with van der Waals surface area (Å²) in [6.07, 6.45) is 3.10. The number of hydrogen-bond acceptors (Lipinski definition) is 3. The van der Waals surface area contributed by atoms with Gasteiger partial charge in [0.1, 0.15) is 5.82 Å². The maximum absolute atomic E-state index is 13.8. The molecule has 0 bridgehead atoms. The lowest BCUT2D eigenvalue weighted by molar-refractivity contribution is 0.312. The van der Waals surface area contributed by atoms with E-state index in [4.69, 9.17) is 0 Å². The third kappa shape index (κ3) is 2.64. The van der Waals surface area contributed by atoms with Gasteiger partial charge in [-0.05, 0) is 30.7 Å². The summed E-state index contributed by atoms with van der Waals surface area (Å²) in [5.41, 5.74) is 4.37. The highest BCUT2D eigenvalue weighted by molar-refractivity contribution is 5.67. The van der Waals surface area contributed by atoms with Crippen molar-refractivity contribution in [3.8, 4) is 11.3 Å². The minimum atomic E-state index is -0.468. The fourth-order valence-corrected chi connectivity index (χ4v) is 2.93. The normalized spacial score (nSPS) is 16.6. The number of halogens is 1. The molecular formula is C16H21FN4. The molecule has 0 atom stereocenters. The molecule has 0 saturated carbocycles. The van der Waals surface area contributed by atoms with Gasteiger partial charge in [0, 0.05) is 37.0 Å². The first kappa shape index (κ1) is 14.0. The standard InChI is InChI=1S/C16H21FN4/c1-16(2)6-5-11-12(9-16)19-20-15(11)10-7-13(17)18-14(8-10)21(3)4/h7-8H,5-6,9H2,1-4H3,(H,19,20). The number of H-pyrrole nitrogens is 1. The Kier molecular flexibility index (Phi) is 3.23. The van der Waals surface area contributed by atoms with Crippen LogP contribution >= 0.6 is 0 Å². The van der Waals surface area contributed by atoms with Crippen molar-refractivity contribution >= 4 is 5.82 Å². The molecule has 0 saturated heterocycles. The van der Waals surface area contributed by atoms with Crippen LogP contribution in [0.25, 0.3) is 11.3 Å². The van der Waals surface area contributed by atoms with E-state index in [1.165, 1.54) is 17.3 Å². The zero-order valence-electron chi connectivity index (χ0n) is 13.0. The van der Waals surface area contributed by atoms with Gasteiger partial charge in [-0.25, -0.2) is 4.98 Å². The predicted octanol–water partition coefficient (Wildman–Crippen LogP) is 3.19. The van der Waals surface area contributed by atoms with Crippen LogP contribution in [0.5, 0.6) is 0 Å². The Labute approximate surface area is 124 Å². The van der Waals surface area contributed by atoms with Crippen LogP contribution in [0.1, 0.15) is 31.5 Å². The van der Waals surface area contributed by atoms with Crippen molar-refractivity contribution in [2.24, 2.45) is 5.41 Å². The second-order valence-corrected chi connectivity index (χ2v) is 6.80. The third-order valence-electron chi connectivity index (χ3n) is 4.17. The summed E-state index contributed by atoms with van der Waals surface area (Å²) in [7, 11) is 3.71. The van der Waals surface area contributed by atoms with Crippen LogP contribution in [0.4, 0.5) is 10.2 Å². The highest BCUT2D eigenvalue weighted by atomic mass is 19.1. The summed E-state index contributed by atoms with van der Waals surface area (Å²) >= 11 is 0. The van der Waals surface area contributed by atoms with Crippen LogP contribution in [0.15, 0.2) is 12.1 Å². The second-order valence-electron chi connectivity index (χ2n) is 6.80. The Hall–Kier alpha value is -1.91. The van der Waals surface area contributed by atoms with Crippen LogP contribution < -0.4 is 4.90 Å². The number of aromatic nitrogens is 3. The van der Waals surface area contributed by atoms with Crippen molar-refractivity contribution in [1.82, 2.24) is 15.2 Å². The molecule has 3 rings (SSSR count). The first-order valence-corrected chi connectivity index (χ1v) is 7.27. The summed E-state index contributed by atoms with van der Waals surface area (Å²) in [6.45, 7) is 4.54. The van der Waals surface area contributed by atoms with Gasteiger partial charge in [-0.2, -0.15) is 9.49 Å². The predicted molar refractivity (Wildman–Crippen MR) is 81.9 cm³/mol. The molecule has 5 heteroatoms. The summed E-state index contributed by atoms with van der Waals surface area (Å²) in [5, 5.41) is 7.58. The molecule has 1 aliphatic rings. The quantitative estimate of drug-likeness (QED) is 0.863. The maximum atomic E-state index is 13.8.